The number of benzene rings is 2. The summed E-state index contributed by atoms with van der Waals surface area (Å²) in [7, 11) is 0. The Morgan fingerprint density at radius 1 is 1.18 bits per heavy atom. The molecule has 22 heavy (non-hydrogen) atoms. The zero-order chi connectivity index (χ0) is 15.3. The molecule has 1 aliphatic carbocycles. The summed E-state index contributed by atoms with van der Waals surface area (Å²) in [4.78, 5) is 2.63. The molecule has 2 nitrogen and oxygen atoms in total. The Balaban J connectivity index is 1.95. The summed E-state index contributed by atoms with van der Waals surface area (Å²) >= 11 is 0. The Hall–Kier alpha value is -1.80. The normalized spacial score (nSPS) is 19.6. The summed E-state index contributed by atoms with van der Waals surface area (Å²) in [5.74, 6) is 0.469. The van der Waals surface area contributed by atoms with E-state index in [0.717, 1.165) is 37.1 Å². The quantitative estimate of drug-likeness (QED) is 0.895. The van der Waals surface area contributed by atoms with Crippen molar-refractivity contribution in [2.45, 2.75) is 39.2 Å². The first-order valence-corrected chi connectivity index (χ1v) is 8.38. The Morgan fingerprint density at radius 2 is 2.05 bits per heavy atom. The fourth-order valence-corrected chi connectivity index (χ4v) is 4.25. The fraction of sp³-hybridized carbons (Fsp3) is 0.400. The van der Waals surface area contributed by atoms with E-state index in [9.17, 15) is 5.11 Å². The molecule has 0 bridgehead atoms. The molecule has 0 saturated carbocycles. The first-order chi connectivity index (χ1) is 10.7. The van der Waals surface area contributed by atoms with Crippen LogP contribution in [0, 0.1) is 6.92 Å². The van der Waals surface area contributed by atoms with E-state index in [1.807, 2.05) is 6.92 Å². The van der Waals surface area contributed by atoms with Crippen molar-refractivity contribution in [3.05, 3.63) is 52.6 Å². The van der Waals surface area contributed by atoms with Crippen molar-refractivity contribution in [2.24, 2.45) is 0 Å². The van der Waals surface area contributed by atoms with Gasteiger partial charge >= 0.3 is 0 Å². The van der Waals surface area contributed by atoms with Gasteiger partial charge in [0.1, 0.15) is 5.75 Å². The maximum atomic E-state index is 10.6. The van der Waals surface area contributed by atoms with Crippen molar-refractivity contribution in [3.63, 3.8) is 0 Å². The fourth-order valence-electron chi connectivity index (χ4n) is 4.25. The van der Waals surface area contributed by atoms with E-state index < -0.39 is 0 Å². The first kappa shape index (κ1) is 13.8. The van der Waals surface area contributed by atoms with Gasteiger partial charge in [0.2, 0.25) is 0 Å². The van der Waals surface area contributed by atoms with E-state index in [0.29, 0.717) is 11.8 Å². The molecule has 1 N–H and O–H groups in total. The van der Waals surface area contributed by atoms with Crippen LogP contribution in [-0.2, 0) is 12.8 Å². The molecule has 2 heteroatoms. The molecule has 0 fully saturated rings. The van der Waals surface area contributed by atoms with Crippen LogP contribution in [0.1, 0.15) is 41.6 Å². The summed E-state index contributed by atoms with van der Waals surface area (Å²) in [6.07, 6.45) is 3.34. The molecule has 0 amide bonds. The van der Waals surface area contributed by atoms with Crippen LogP contribution in [0.4, 0.5) is 0 Å². The minimum absolute atomic E-state index is 0.469. The van der Waals surface area contributed by atoms with Gasteiger partial charge in [-0.05, 0) is 60.5 Å². The number of aromatic hydroxyl groups is 1. The Bertz CT molecular complexity index is 735. The number of hydrogen-bond donors (Lipinski definition) is 1. The van der Waals surface area contributed by atoms with E-state index in [1.165, 1.54) is 28.7 Å². The van der Waals surface area contributed by atoms with Crippen molar-refractivity contribution in [2.75, 3.05) is 13.1 Å². The van der Waals surface area contributed by atoms with Crippen molar-refractivity contribution >= 4 is 0 Å². The standard InChI is InChI=1S/C20H23NO/c1-3-10-21-11-9-14-5-4-6-16-18(14)17(21)12-15-8-7-13(2)20(22)19(15)16/h4-8,17,22H,3,9-12H2,1-2H3/t17-/m1/s1. The minimum atomic E-state index is 0.469. The Kier molecular flexibility index (Phi) is 3.23. The molecule has 1 aliphatic heterocycles. The summed E-state index contributed by atoms with van der Waals surface area (Å²) in [5, 5.41) is 10.6. The molecule has 0 spiro atoms. The van der Waals surface area contributed by atoms with E-state index in [-0.39, 0.29) is 0 Å². The summed E-state index contributed by atoms with van der Waals surface area (Å²) < 4.78 is 0. The minimum Gasteiger partial charge on any atom is -0.507 e. The van der Waals surface area contributed by atoms with Crippen LogP contribution >= 0.6 is 0 Å². The topological polar surface area (TPSA) is 23.5 Å². The number of phenols is 1. The number of nitrogens with zero attached hydrogens (tertiary/aromatic N) is 1. The van der Waals surface area contributed by atoms with E-state index in [1.54, 1.807) is 0 Å². The van der Waals surface area contributed by atoms with Crippen LogP contribution in [0.3, 0.4) is 0 Å². The molecule has 0 aromatic heterocycles. The lowest BCUT2D eigenvalue weighted by Gasteiger charge is -2.41. The van der Waals surface area contributed by atoms with Gasteiger partial charge in [0, 0.05) is 18.2 Å². The van der Waals surface area contributed by atoms with Crippen LogP contribution in [0.15, 0.2) is 30.3 Å². The molecular weight excluding hydrogens is 270 g/mol. The SMILES string of the molecule is CCCN1CCc2cccc3c2[C@H]1Cc1ccc(C)c(O)c1-3. The van der Waals surface area contributed by atoms with E-state index >= 15 is 0 Å². The van der Waals surface area contributed by atoms with Crippen LogP contribution in [0.2, 0.25) is 0 Å². The van der Waals surface area contributed by atoms with Gasteiger partial charge in [-0.25, -0.2) is 0 Å². The monoisotopic (exact) mass is 293 g/mol. The van der Waals surface area contributed by atoms with E-state index in [4.69, 9.17) is 0 Å². The van der Waals surface area contributed by atoms with Crippen molar-refractivity contribution in [1.29, 1.82) is 0 Å². The molecule has 4 rings (SSSR count). The number of rotatable bonds is 2. The summed E-state index contributed by atoms with van der Waals surface area (Å²) in [6, 6.07) is 11.4. The zero-order valence-corrected chi connectivity index (χ0v) is 13.4. The van der Waals surface area contributed by atoms with Gasteiger partial charge in [0.05, 0.1) is 0 Å². The molecule has 1 atom stereocenters. The molecule has 2 aromatic carbocycles. The average molecular weight is 293 g/mol. The molecule has 0 unspecified atom stereocenters. The van der Waals surface area contributed by atoms with Gasteiger partial charge in [0.15, 0.2) is 0 Å². The number of aryl methyl sites for hydroxylation is 1. The number of hydrogen-bond acceptors (Lipinski definition) is 2. The average Bonchev–Trinajstić information content (AvgIpc) is 2.53. The highest BCUT2D eigenvalue weighted by Crippen LogP contribution is 2.48. The first-order valence-electron chi connectivity index (χ1n) is 8.38. The maximum Gasteiger partial charge on any atom is 0.126 e. The lowest BCUT2D eigenvalue weighted by atomic mass is 9.76. The highest BCUT2D eigenvalue weighted by atomic mass is 16.3. The van der Waals surface area contributed by atoms with Gasteiger partial charge in [0.25, 0.3) is 0 Å². The number of phenolic OH excluding ortho intramolecular Hbond substituents is 1. The Morgan fingerprint density at radius 3 is 2.86 bits per heavy atom. The highest BCUT2D eigenvalue weighted by Gasteiger charge is 2.34. The van der Waals surface area contributed by atoms with Gasteiger partial charge < -0.3 is 5.11 Å². The largest absolute Gasteiger partial charge is 0.507 e. The van der Waals surface area contributed by atoms with Gasteiger partial charge in [-0.1, -0.05) is 37.3 Å². The highest BCUT2D eigenvalue weighted by molar-refractivity contribution is 5.81. The number of fused-ring (bicyclic) bond motifs is 2. The second kappa shape index (κ2) is 5.13. The molecule has 1 heterocycles. The molecule has 114 valence electrons. The third-order valence-corrected chi connectivity index (χ3v) is 5.30. The molecule has 2 aliphatic rings. The summed E-state index contributed by atoms with van der Waals surface area (Å²) in [5.41, 5.74) is 7.53. The smallest absolute Gasteiger partial charge is 0.126 e. The van der Waals surface area contributed by atoms with Crippen LogP contribution < -0.4 is 0 Å². The second-order valence-electron chi connectivity index (χ2n) is 6.65. The van der Waals surface area contributed by atoms with Crippen molar-refractivity contribution in [3.8, 4) is 16.9 Å². The van der Waals surface area contributed by atoms with Crippen LogP contribution in [0.5, 0.6) is 5.75 Å². The predicted octanol–water partition coefficient (Wildman–Crippen LogP) is 4.23. The predicted molar refractivity (Wildman–Crippen MR) is 90.3 cm³/mol. The lowest BCUT2D eigenvalue weighted by Crippen LogP contribution is -2.38. The van der Waals surface area contributed by atoms with Gasteiger partial charge in [-0.3, -0.25) is 4.90 Å². The summed E-state index contributed by atoms with van der Waals surface area (Å²) in [6.45, 7) is 6.56. The molecule has 2 aromatic rings. The van der Waals surface area contributed by atoms with Gasteiger partial charge in [-0.2, -0.15) is 0 Å². The van der Waals surface area contributed by atoms with Crippen molar-refractivity contribution < 1.29 is 5.11 Å². The third kappa shape index (κ3) is 1.90. The van der Waals surface area contributed by atoms with E-state index in [2.05, 4.69) is 42.2 Å². The molecular formula is C20H23NO. The zero-order valence-electron chi connectivity index (χ0n) is 13.4. The van der Waals surface area contributed by atoms with Crippen LogP contribution in [0.25, 0.3) is 11.1 Å². The van der Waals surface area contributed by atoms with Gasteiger partial charge in [-0.15, -0.1) is 0 Å². The third-order valence-electron chi connectivity index (χ3n) is 5.30. The van der Waals surface area contributed by atoms with Crippen LogP contribution in [-0.4, -0.2) is 23.1 Å². The van der Waals surface area contributed by atoms with Crippen molar-refractivity contribution in [1.82, 2.24) is 4.90 Å². The molecule has 0 radical (unpaired) electrons. The Labute approximate surface area is 132 Å². The maximum absolute atomic E-state index is 10.6. The molecule has 0 saturated heterocycles. The lowest BCUT2D eigenvalue weighted by molar-refractivity contribution is 0.183. The second-order valence-corrected chi connectivity index (χ2v) is 6.65.